The number of amides is 1. The molecular formula is C19H24F2N4O4. The molecule has 0 aliphatic rings. The number of ether oxygens (including phenoxy) is 1. The van der Waals surface area contributed by atoms with Crippen molar-refractivity contribution in [2.24, 2.45) is 0 Å². The van der Waals surface area contributed by atoms with Gasteiger partial charge in [0.1, 0.15) is 5.82 Å². The summed E-state index contributed by atoms with van der Waals surface area (Å²) in [4.78, 5) is 40.0. The minimum absolute atomic E-state index is 0.121. The minimum atomic E-state index is -3.92. The first-order chi connectivity index (χ1) is 13.8. The standard InChI is InChI=1S/C19H24F2N4O4/c1-3-4-10-25-15(22)14(16(26)23-18(25)28)24(11-12-29-2)17(27)19(20,21)13-8-6-5-7-9-13/h5-9H,3-4,10-12,22H2,1-2H3,(H,23,26,28). The number of carbonyl (C=O) groups is 1. The Labute approximate surface area is 165 Å². The smallest absolute Gasteiger partial charge is 0.350 e. The molecule has 0 saturated carbocycles. The summed E-state index contributed by atoms with van der Waals surface area (Å²) >= 11 is 0. The first-order valence-electron chi connectivity index (χ1n) is 9.12. The number of unbranched alkanes of at least 4 members (excludes halogenated alkanes) is 1. The second-order valence-corrected chi connectivity index (χ2v) is 6.39. The van der Waals surface area contributed by atoms with E-state index in [1.165, 1.54) is 19.2 Å². The van der Waals surface area contributed by atoms with E-state index >= 15 is 0 Å². The summed E-state index contributed by atoms with van der Waals surface area (Å²) in [5.74, 6) is -5.91. The molecule has 0 aliphatic carbocycles. The molecule has 29 heavy (non-hydrogen) atoms. The molecule has 0 unspecified atom stereocenters. The molecule has 1 heterocycles. The lowest BCUT2D eigenvalue weighted by atomic mass is 10.1. The molecule has 1 aromatic carbocycles. The van der Waals surface area contributed by atoms with Crippen LogP contribution >= 0.6 is 0 Å². The van der Waals surface area contributed by atoms with E-state index in [0.29, 0.717) is 11.3 Å². The van der Waals surface area contributed by atoms with Crippen molar-refractivity contribution in [1.29, 1.82) is 0 Å². The average Bonchev–Trinajstić information content (AvgIpc) is 2.70. The number of carbonyl (C=O) groups excluding carboxylic acids is 1. The van der Waals surface area contributed by atoms with Gasteiger partial charge in [-0.2, -0.15) is 8.78 Å². The SMILES string of the molecule is CCCCn1c(N)c(N(CCOC)C(=O)C(F)(F)c2ccccc2)c(=O)[nH]c1=O. The van der Waals surface area contributed by atoms with Crippen LogP contribution in [0.3, 0.4) is 0 Å². The lowest BCUT2D eigenvalue weighted by molar-refractivity contribution is -0.144. The maximum absolute atomic E-state index is 14.9. The number of methoxy groups -OCH3 is 1. The number of rotatable bonds is 9. The molecule has 0 spiro atoms. The van der Waals surface area contributed by atoms with Gasteiger partial charge < -0.3 is 10.5 Å². The van der Waals surface area contributed by atoms with E-state index in [-0.39, 0.29) is 25.5 Å². The third kappa shape index (κ3) is 4.70. The van der Waals surface area contributed by atoms with Gasteiger partial charge in [-0.3, -0.25) is 24.0 Å². The average molecular weight is 410 g/mol. The van der Waals surface area contributed by atoms with E-state index in [2.05, 4.69) is 4.98 Å². The van der Waals surface area contributed by atoms with Crippen molar-refractivity contribution in [3.05, 3.63) is 56.7 Å². The number of nitrogen functional groups attached to an aromatic ring is 1. The van der Waals surface area contributed by atoms with Crippen LogP contribution in [0.2, 0.25) is 0 Å². The molecular weight excluding hydrogens is 386 g/mol. The summed E-state index contributed by atoms with van der Waals surface area (Å²) < 4.78 is 35.8. The van der Waals surface area contributed by atoms with Crippen LogP contribution in [-0.2, 0) is 22.0 Å². The van der Waals surface area contributed by atoms with Crippen molar-refractivity contribution in [3.63, 3.8) is 0 Å². The quantitative estimate of drug-likeness (QED) is 0.654. The Bertz CT molecular complexity index is 957. The van der Waals surface area contributed by atoms with Crippen LogP contribution in [0, 0.1) is 0 Å². The minimum Gasteiger partial charge on any atom is -0.383 e. The molecule has 0 atom stereocenters. The number of aromatic amines is 1. The number of alkyl halides is 2. The lowest BCUT2D eigenvalue weighted by Gasteiger charge is -2.28. The number of H-pyrrole nitrogens is 1. The van der Waals surface area contributed by atoms with Crippen LogP contribution in [0.5, 0.6) is 0 Å². The Hall–Kier alpha value is -3.01. The van der Waals surface area contributed by atoms with Gasteiger partial charge in [-0.1, -0.05) is 43.7 Å². The number of hydrogen-bond donors (Lipinski definition) is 2. The first-order valence-corrected chi connectivity index (χ1v) is 9.12. The van der Waals surface area contributed by atoms with E-state index in [1.54, 1.807) is 6.07 Å². The Morgan fingerprint density at radius 1 is 1.28 bits per heavy atom. The van der Waals surface area contributed by atoms with Crippen LogP contribution in [0.1, 0.15) is 25.3 Å². The molecule has 0 aliphatic heterocycles. The third-order valence-electron chi connectivity index (χ3n) is 4.39. The number of hydrogen-bond acceptors (Lipinski definition) is 5. The molecule has 0 fully saturated rings. The number of nitrogens with one attached hydrogen (secondary N) is 1. The van der Waals surface area contributed by atoms with Crippen LogP contribution in [0.4, 0.5) is 20.3 Å². The topological polar surface area (TPSA) is 110 Å². The van der Waals surface area contributed by atoms with Gasteiger partial charge in [0.15, 0.2) is 5.69 Å². The largest absolute Gasteiger partial charge is 0.383 e. The van der Waals surface area contributed by atoms with Gasteiger partial charge in [0.2, 0.25) is 0 Å². The highest BCUT2D eigenvalue weighted by atomic mass is 19.3. The third-order valence-corrected chi connectivity index (χ3v) is 4.39. The summed E-state index contributed by atoms with van der Waals surface area (Å²) in [5, 5.41) is 0. The zero-order valence-electron chi connectivity index (χ0n) is 16.3. The maximum atomic E-state index is 14.9. The highest BCUT2D eigenvalue weighted by Crippen LogP contribution is 2.32. The zero-order chi connectivity index (χ0) is 21.6. The molecule has 10 heteroatoms. The van der Waals surface area contributed by atoms with Gasteiger partial charge in [0.05, 0.1) is 6.61 Å². The Morgan fingerprint density at radius 2 is 1.93 bits per heavy atom. The molecule has 8 nitrogen and oxygen atoms in total. The summed E-state index contributed by atoms with van der Waals surface area (Å²) in [6.45, 7) is 1.59. The van der Waals surface area contributed by atoms with Crippen molar-refractivity contribution in [2.75, 3.05) is 30.9 Å². The van der Waals surface area contributed by atoms with Gasteiger partial charge in [-0.15, -0.1) is 0 Å². The number of halogens is 2. The second-order valence-electron chi connectivity index (χ2n) is 6.39. The lowest BCUT2D eigenvalue weighted by Crippen LogP contribution is -2.48. The molecule has 3 N–H and O–H groups in total. The Balaban J connectivity index is 2.60. The predicted octanol–water partition coefficient (Wildman–Crippen LogP) is 1.69. The molecule has 1 amide bonds. The van der Waals surface area contributed by atoms with Gasteiger partial charge >= 0.3 is 17.5 Å². The van der Waals surface area contributed by atoms with Gasteiger partial charge in [0.25, 0.3) is 5.56 Å². The van der Waals surface area contributed by atoms with E-state index in [0.717, 1.165) is 23.1 Å². The highest BCUT2D eigenvalue weighted by molar-refractivity contribution is 6.00. The molecule has 158 valence electrons. The molecule has 2 aromatic rings. The number of aromatic nitrogens is 2. The second kappa shape index (κ2) is 9.46. The Morgan fingerprint density at radius 3 is 2.52 bits per heavy atom. The van der Waals surface area contributed by atoms with Crippen molar-refractivity contribution < 1.29 is 18.3 Å². The molecule has 0 radical (unpaired) electrons. The van der Waals surface area contributed by atoms with Crippen molar-refractivity contribution in [3.8, 4) is 0 Å². The molecule has 0 bridgehead atoms. The predicted molar refractivity (Wildman–Crippen MR) is 105 cm³/mol. The number of anilines is 2. The molecule has 1 aromatic heterocycles. The highest BCUT2D eigenvalue weighted by Gasteiger charge is 2.45. The van der Waals surface area contributed by atoms with Crippen molar-refractivity contribution in [1.82, 2.24) is 9.55 Å². The molecule has 2 rings (SSSR count). The normalized spacial score (nSPS) is 11.4. The van der Waals surface area contributed by atoms with Crippen LogP contribution in [0.15, 0.2) is 39.9 Å². The van der Waals surface area contributed by atoms with Crippen LogP contribution in [0.25, 0.3) is 0 Å². The fraction of sp³-hybridized carbons (Fsp3) is 0.421. The van der Waals surface area contributed by atoms with E-state index < -0.39 is 34.3 Å². The van der Waals surface area contributed by atoms with Crippen molar-refractivity contribution in [2.45, 2.75) is 32.2 Å². The maximum Gasteiger partial charge on any atom is 0.350 e. The summed E-state index contributed by atoms with van der Waals surface area (Å²) in [6.07, 6.45) is 1.31. The monoisotopic (exact) mass is 410 g/mol. The van der Waals surface area contributed by atoms with E-state index in [4.69, 9.17) is 10.5 Å². The van der Waals surface area contributed by atoms with Gasteiger partial charge in [-0.25, -0.2) is 4.79 Å². The van der Waals surface area contributed by atoms with E-state index in [1.807, 2.05) is 6.92 Å². The van der Waals surface area contributed by atoms with Gasteiger partial charge in [-0.05, 0) is 6.42 Å². The van der Waals surface area contributed by atoms with Crippen molar-refractivity contribution >= 4 is 17.4 Å². The zero-order valence-corrected chi connectivity index (χ0v) is 16.3. The summed E-state index contributed by atoms with van der Waals surface area (Å²) in [7, 11) is 1.33. The van der Waals surface area contributed by atoms with Crippen LogP contribution in [-0.4, -0.2) is 35.7 Å². The van der Waals surface area contributed by atoms with Gasteiger partial charge in [0, 0.05) is 25.8 Å². The summed E-state index contributed by atoms with van der Waals surface area (Å²) in [6, 6.07) is 6.52. The van der Waals surface area contributed by atoms with Crippen LogP contribution < -0.4 is 21.9 Å². The first kappa shape index (κ1) is 22.3. The number of nitrogens with zero attached hydrogens (tertiary/aromatic N) is 2. The fourth-order valence-corrected chi connectivity index (χ4v) is 2.81. The Kier molecular flexibility index (Phi) is 7.27. The molecule has 0 saturated heterocycles. The number of benzene rings is 1. The fourth-order valence-electron chi connectivity index (χ4n) is 2.81. The van der Waals surface area contributed by atoms with E-state index in [9.17, 15) is 23.2 Å². The number of nitrogens with two attached hydrogens (primary N) is 1. The summed E-state index contributed by atoms with van der Waals surface area (Å²) in [5.41, 5.74) is 3.17.